The summed E-state index contributed by atoms with van der Waals surface area (Å²) in [6, 6.07) is 0.536. The molecule has 0 aromatic rings. The molecule has 0 aromatic carbocycles. The van der Waals surface area contributed by atoms with Gasteiger partial charge in [0.15, 0.2) is 0 Å². The molecule has 100 valence electrons. The van der Waals surface area contributed by atoms with Crippen LogP contribution in [0.4, 0.5) is 0 Å². The minimum absolute atomic E-state index is 0. The zero-order valence-corrected chi connectivity index (χ0v) is 10.3. The quantitative estimate of drug-likeness (QED) is 0.354. The molecule has 0 saturated heterocycles. The summed E-state index contributed by atoms with van der Waals surface area (Å²) in [4.78, 5) is 0. The van der Waals surface area contributed by atoms with E-state index in [0.717, 1.165) is 0 Å². The smallest absolute Gasteiger partial charge is 0.693 e. The van der Waals surface area contributed by atoms with E-state index in [1.165, 1.54) is 32.1 Å². The number of hydrogen-bond acceptors (Lipinski definition) is 4. The van der Waals surface area contributed by atoms with Crippen LogP contribution >= 0.6 is 0 Å². The summed E-state index contributed by atoms with van der Waals surface area (Å²) in [5, 5.41) is 0. The van der Waals surface area contributed by atoms with E-state index in [9.17, 15) is 0 Å². The Labute approximate surface area is 110 Å². The zero-order chi connectivity index (χ0) is 8.69. The molecular weight excluding hydrogens is 399 g/mol. The van der Waals surface area contributed by atoms with E-state index >= 15 is 0 Å². The standard InChI is InChI=1S/C6H13N.2CH4.H2N.HO3S.Pt/c7-6-4-2-1-3-5-6;;;;1-4(2)3;/h6H,1-5,7H2;2*1H4;1H2;(H,1,2,3);/q;;;2*-1;+2. The fraction of sp³-hybridized carbons (Fsp3) is 1.00. The van der Waals surface area contributed by atoms with Gasteiger partial charge in [0.1, 0.15) is 0 Å². The number of nitrogens with two attached hydrogens (primary N) is 2. The van der Waals surface area contributed by atoms with Gasteiger partial charge >= 0.3 is 21.1 Å². The maximum Gasteiger partial charge on any atom is 2.00 e. The van der Waals surface area contributed by atoms with E-state index in [1.807, 2.05) is 0 Å². The van der Waals surface area contributed by atoms with Crippen molar-refractivity contribution in [1.29, 1.82) is 0 Å². The molecule has 0 radical (unpaired) electrons. The van der Waals surface area contributed by atoms with Gasteiger partial charge in [-0.15, -0.1) is 0 Å². The maximum atomic E-state index is 8.56. The van der Waals surface area contributed by atoms with Crippen molar-refractivity contribution < 1.29 is 34.0 Å². The van der Waals surface area contributed by atoms with E-state index in [-0.39, 0.29) is 42.1 Å². The van der Waals surface area contributed by atoms with Crippen LogP contribution in [0, 0.1) is 0 Å². The van der Waals surface area contributed by atoms with Crippen molar-refractivity contribution in [3.05, 3.63) is 6.15 Å². The van der Waals surface area contributed by atoms with Gasteiger partial charge in [-0.1, -0.05) is 34.1 Å². The summed E-state index contributed by atoms with van der Waals surface area (Å²) >= 11 is 0. The fourth-order valence-corrected chi connectivity index (χ4v) is 1.13. The second-order valence-corrected chi connectivity index (χ2v) is 3.05. The second-order valence-electron chi connectivity index (χ2n) is 2.62. The molecule has 0 aromatic heterocycles. The third kappa shape index (κ3) is 31.4. The Balaban J connectivity index is -0.0000000383. The van der Waals surface area contributed by atoms with Crippen LogP contribution < -0.4 is 5.73 Å². The molecule has 1 saturated carbocycles. The molecule has 15 heavy (non-hydrogen) atoms. The van der Waals surface area contributed by atoms with Crippen molar-refractivity contribution in [2.75, 3.05) is 0 Å². The molecule has 0 amide bonds. The van der Waals surface area contributed by atoms with Crippen LogP contribution in [0.1, 0.15) is 47.0 Å². The molecule has 0 aliphatic heterocycles. The third-order valence-corrected chi connectivity index (χ3v) is 1.65. The topological polar surface area (TPSA) is 114 Å². The molecule has 1 fully saturated rings. The number of rotatable bonds is 0. The molecule has 0 atom stereocenters. The first-order valence-corrected chi connectivity index (χ1v) is 4.70. The molecule has 0 unspecified atom stereocenters. The van der Waals surface area contributed by atoms with Gasteiger partial charge in [-0.3, -0.25) is 0 Å². The fourth-order valence-electron chi connectivity index (χ4n) is 1.13. The average molecular weight is 423 g/mol. The van der Waals surface area contributed by atoms with E-state index in [0.29, 0.717) is 6.04 Å². The van der Waals surface area contributed by atoms with Crippen molar-refractivity contribution in [1.82, 2.24) is 0 Å². The van der Waals surface area contributed by atoms with Gasteiger partial charge < -0.3 is 24.9 Å². The van der Waals surface area contributed by atoms with Gasteiger partial charge in [0.05, 0.1) is 0 Å². The Morgan fingerprint density at radius 3 is 1.47 bits per heavy atom. The Hall–Kier alpha value is 0.518. The van der Waals surface area contributed by atoms with Crippen LogP contribution in [0.3, 0.4) is 0 Å². The largest absolute Gasteiger partial charge is 2.00 e. The molecule has 1 rings (SSSR count). The summed E-state index contributed by atoms with van der Waals surface area (Å²) in [5.74, 6) is 0. The Morgan fingerprint density at radius 1 is 1.07 bits per heavy atom. The summed E-state index contributed by atoms with van der Waals surface area (Å²) < 4.78 is 24.1. The van der Waals surface area contributed by atoms with Crippen molar-refractivity contribution >= 4 is 11.0 Å². The number of hydrogen-bond donors (Lipinski definition) is 2. The van der Waals surface area contributed by atoms with Crippen molar-refractivity contribution in [2.24, 2.45) is 5.73 Å². The van der Waals surface area contributed by atoms with Gasteiger partial charge in [0, 0.05) is 17.0 Å². The minimum atomic E-state index is -2.86. The second kappa shape index (κ2) is 20.0. The van der Waals surface area contributed by atoms with Crippen molar-refractivity contribution in [2.45, 2.75) is 53.0 Å². The predicted molar refractivity (Wildman–Crippen MR) is 61.2 cm³/mol. The molecule has 5 N–H and O–H groups in total. The van der Waals surface area contributed by atoms with Crippen LogP contribution in [-0.4, -0.2) is 10.6 Å². The van der Waals surface area contributed by atoms with Crippen LogP contribution in [0.5, 0.6) is 0 Å². The molecule has 1 aliphatic rings. The Kier molecular flexibility index (Phi) is 39.4. The zero-order valence-electron chi connectivity index (χ0n) is 7.26. The first-order valence-electron chi connectivity index (χ1n) is 3.67. The molecule has 0 spiro atoms. The van der Waals surface area contributed by atoms with Crippen LogP contribution in [0.2, 0.25) is 0 Å². The third-order valence-electron chi connectivity index (χ3n) is 1.65. The first-order chi connectivity index (χ1) is 5.13. The van der Waals surface area contributed by atoms with E-state index in [1.54, 1.807) is 0 Å². The van der Waals surface area contributed by atoms with E-state index < -0.39 is 11.0 Å². The van der Waals surface area contributed by atoms with Gasteiger partial charge in [0.25, 0.3) is 0 Å². The summed E-state index contributed by atoms with van der Waals surface area (Å²) in [5.41, 5.74) is 5.63. The molecule has 5 nitrogen and oxygen atoms in total. The Morgan fingerprint density at radius 2 is 1.33 bits per heavy atom. The minimum Gasteiger partial charge on any atom is -0.693 e. The van der Waals surface area contributed by atoms with Gasteiger partial charge in [-0.25, -0.2) is 0 Å². The predicted octanol–water partition coefficient (Wildman–Crippen LogP) is 3.03. The van der Waals surface area contributed by atoms with Crippen LogP contribution in [0.25, 0.3) is 6.15 Å². The molecule has 0 bridgehead atoms. The van der Waals surface area contributed by atoms with E-state index in [4.69, 9.17) is 18.7 Å². The summed E-state index contributed by atoms with van der Waals surface area (Å²) in [6.45, 7) is 0. The molecule has 7 heteroatoms. The normalized spacial score (nSPS) is 14.1. The van der Waals surface area contributed by atoms with Crippen LogP contribution in [-0.2, 0) is 40.5 Å². The summed E-state index contributed by atoms with van der Waals surface area (Å²) in [6.07, 6.45) is 6.66. The maximum absolute atomic E-state index is 8.56. The van der Waals surface area contributed by atoms with Gasteiger partial charge in [-0.05, 0) is 12.8 Å². The van der Waals surface area contributed by atoms with Gasteiger partial charge in [-0.2, -0.15) is 0 Å². The SMILES string of the molecule is C.C.NC1CCCCC1.O=[S-](=O)O.[NH2-].[Pt+2]. The van der Waals surface area contributed by atoms with E-state index in [2.05, 4.69) is 0 Å². The van der Waals surface area contributed by atoms with Gasteiger partial charge in [0.2, 0.25) is 0 Å². The average Bonchev–Trinajstić information content (AvgIpc) is 1.87. The van der Waals surface area contributed by atoms with Crippen molar-refractivity contribution in [3.63, 3.8) is 0 Å². The monoisotopic (exact) mass is 423 g/mol. The molecule has 0 heterocycles. The molecule has 1 aliphatic carbocycles. The first kappa shape index (κ1) is 29.6. The van der Waals surface area contributed by atoms with Crippen molar-refractivity contribution in [3.8, 4) is 0 Å². The molecular formula is C8H24N2O3PtS. The Bertz CT molecular complexity index is 154. The summed E-state index contributed by atoms with van der Waals surface area (Å²) in [7, 11) is -2.86. The van der Waals surface area contributed by atoms with Crippen LogP contribution in [0.15, 0.2) is 0 Å².